The van der Waals surface area contributed by atoms with Crippen LogP contribution in [0.15, 0.2) is 72.8 Å². The Morgan fingerprint density at radius 2 is 1.51 bits per heavy atom. The average molecular weight is 491 g/mol. The Balaban J connectivity index is 1.69. The Labute approximate surface area is 216 Å². The number of esters is 2. The lowest BCUT2D eigenvalue weighted by Gasteiger charge is -2.25. The normalized spacial score (nSPS) is 21.5. The van der Waals surface area contributed by atoms with Gasteiger partial charge in [0.05, 0.1) is 14.2 Å². The second-order valence-electron chi connectivity index (χ2n) is 9.90. The predicted molar refractivity (Wildman–Crippen MR) is 138 cm³/mol. The summed E-state index contributed by atoms with van der Waals surface area (Å²) in [6.07, 6.45) is 4.24. The fraction of sp³-hybridized carbons (Fsp3) is 0.250. The molecular weight excluding hydrogens is 464 g/mol. The van der Waals surface area contributed by atoms with E-state index in [4.69, 9.17) is 14.2 Å². The van der Waals surface area contributed by atoms with E-state index >= 15 is 0 Å². The van der Waals surface area contributed by atoms with Gasteiger partial charge in [-0.15, -0.1) is 0 Å². The van der Waals surface area contributed by atoms with Crippen LogP contribution in [0.4, 0.5) is 0 Å². The van der Waals surface area contributed by atoms with Gasteiger partial charge < -0.3 is 14.2 Å². The molecule has 2 bridgehead atoms. The first kappa shape index (κ1) is 23.3. The molecule has 37 heavy (non-hydrogen) atoms. The van der Waals surface area contributed by atoms with Gasteiger partial charge in [-0.25, -0.2) is 0 Å². The molecule has 2 atom stereocenters. The zero-order chi connectivity index (χ0) is 25.8. The molecule has 0 amide bonds. The third-order valence-electron chi connectivity index (χ3n) is 7.78. The minimum atomic E-state index is -1.47. The number of fused-ring (bicyclic) bond motifs is 7. The summed E-state index contributed by atoms with van der Waals surface area (Å²) in [4.78, 5) is 26.3. The zero-order valence-electron chi connectivity index (χ0n) is 21.0. The van der Waals surface area contributed by atoms with Gasteiger partial charge in [0.2, 0.25) is 0 Å². The first-order valence-corrected chi connectivity index (χ1v) is 12.3. The third-order valence-corrected chi connectivity index (χ3v) is 7.78. The molecule has 3 aliphatic rings. The van der Waals surface area contributed by atoms with Crippen LogP contribution in [0.1, 0.15) is 46.4 Å². The van der Waals surface area contributed by atoms with Crippen LogP contribution in [0.25, 0.3) is 11.1 Å². The molecule has 2 aliphatic heterocycles. The van der Waals surface area contributed by atoms with E-state index in [1.807, 2.05) is 48.5 Å². The second-order valence-corrected chi connectivity index (χ2v) is 9.90. The van der Waals surface area contributed by atoms with E-state index in [0.29, 0.717) is 0 Å². The number of carbonyl (C=O) groups excluding carboxylic acids is 2. The maximum atomic E-state index is 13.2. The quantitative estimate of drug-likeness (QED) is 0.223. The lowest BCUT2D eigenvalue weighted by molar-refractivity contribution is -0.168. The molecule has 5 heteroatoms. The van der Waals surface area contributed by atoms with Gasteiger partial charge in [-0.05, 0) is 47.4 Å². The Kier molecular flexibility index (Phi) is 5.33. The summed E-state index contributed by atoms with van der Waals surface area (Å²) in [5, 5.41) is 0. The number of ether oxygens (including phenoxy) is 3. The molecule has 3 aromatic carbocycles. The highest BCUT2D eigenvalue weighted by molar-refractivity contribution is 6.02. The third kappa shape index (κ3) is 3.37. The van der Waals surface area contributed by atoms with Crippen molar-refractivity contribution in [1.82, 2.24) is 0 Å². The van der Waals surface area contributed by atoms with Gasteiger partial charge in [0.25, 0.3) is 0 Å². The maximum absolute atomic E-state index is 13.2. The van der Waals surface area contributed by atoms with E-state index in [2.05, 4.69) is 43.0 Å². The predicted octanol–water partition coefficient (Wildman–Crippen LogP) is 5.04. The Morgan fingerprint density at radius 1 is 0.892 bits per heavy atom. The zero-order valence-corrected chi connectivity index (χ0v) is 21.0. The van der Waals surface area contributed by atoms with E-state index in [9.17, 15) is 9.59 Å². The van der Waals surface area contributed by atoms with Crippen molar-refractivity contribution in [3.63, 3.8) is 0 Å². The molecule has 1 aliphatic carbocycles. The van der Waals surface area contributed by atoms with E-state index in [1.165, 1.54) is 14.2 Å². The molecule has 0 saturated heterocycles. The smallest absolute Gasteiger partial charge is 0.323 e. The van der Waals surface area contributed by atoms with Crippen LogP contribution in [-0.2, 0) is 42.2 Å². The largest absolute Gasteiger partial charge is 0.468 e. The first-order chi connectivity index (χ1) is 17.9. The first-order valence-electron chi connectivity index (χ1n) is 12.3. The van der Waals surface area contributed by atoms with Crippen LogP contribution in [0.3, 0.4) is 0 Å². The van der Waals surface area contributed by atoms with Crippen LogP contribution >= 0.6 is 0 Å². The molecule has 0 radical (unpaired) electrons. The number of benzene rings is 3. The van der Waals surface area contributed by atoms with Gasteiger partial charge >= 0.3 is 11.9 Å². The molecule has 3 aromatic rings. The molecule has 0 spiro atoms. The minimum Gasteiger partial charge on any atom is -0.468 e. The Hall–Kier alpha value is -4.14. The molecule has 0 saturated carbocycles. The molecule has 2 heterocycles. The van der Waals surface area contributed by atoms with E-state index in [1.54, 1.807) is 0 Å². The van der Waals surface area contributed by atoms with Crippen LogP contribution in [-0.4, -0.2) is 26.2 Å². The monoisotopic (exact) mass is 490 g/mol. The number of rotatable bonds is 3. The minimum absolute atomic E-state index is 0.154. The summed E-state index contributed by atoms with van der Waals surface area (Å²) in [5.74, 6) is 5.58. The molecule has 0 unspecified atom stereocenters. The topological polar surface area (TPSA) is 61.8 Å². The van der Waals surface area contributed by atoms with Gasteiger partial charge in [0.1, 0.15) is 11.7 Å². The number of methoxy groups -OCH3 is 2. The van der Waals surface area contributed by atoms with Gasteiger partial charge in [0, 0.05) is 35.1 Å². The van der Waals surface area contributed by atoms with Gasteiger partial charge in [-0.2, -0.15) is 0 Å². The van der Waals surface area contributed by atoms with Gasteiger partial charge in [-0.1, -0.05) is 66.4 Å². The Morgan fingerprint density at radius 3 is 2.16 bits per heavy atom. The average Bonchev–Trinajstić information content (AvgIpc) is 3.61. The highest BCUT2D eigenvalue weighted by atomic mass is 16.5. The van der Waals surface area contributed by atoms with Crippen molar-refractivity contribution in [2.24, 2.45) is 5.41 Å². The lowest BCUT2D eigenvalue weighted by Crippen LogP contribution is -2.42. The van der Waals surface area contributed by atoms with E-state index in [-0.39, 0.29) is 18.9 Å². The summed E-state index contributed by atoms with van der Waals surface area (Å²) in [6.45, 7) is 2.06. The summed E-state index contributed by atoms with van der Waals surface area (Å²) in [6, 6.07) is 19.9. The van der Waals surface area contributed by atoms with Crippen LogP contribution < -0.4 is 0 Å². The maximum Gasteiger partial charge on any atom is 0.323 e. The molecule has 5 nitrogen and oxygen atoms in total. The highest BCUT2D eigenvalue weighted by Crippen LogP contribution is 2.59. The molecular formula is C32H26O5. The lowest BCUT2D eigenvalue weighted by atomic mass is 9.76. The van der Waals surface area contributed by atoms with Gasteiger partial charge in [0.15, 0.2) is 5.41 Å². The standard InChI is InChI=1S/C32H26O5/c1-31-17-16-25(37-31)27-24-19-32(29(33)35-2,30(34)36-3)18-23(24)22(15-14-20-10-6-4-7-11-20)26(28(27)31)21-12-8-5-9-13-21/h4-13,16-17,25H,18-19H2,1-3H3/t25-,31+/m0/s1. The molecule has 0 aromatic heterocycles. The summed E-state index contributed by atoms with van der Waals surface area (Å²) in [5.41, 5.74) is 5.47. The Bertz CT molecular complexity index is 1510. The summed E-state index contributed by atoms with van der Waals surface area (Å²) >= 11 is 0. The van der Waals surface area contributed by atoms with Crippen molar-refractivity contribution in [1.29, 1.82) is 0 Å². The molecule has 6 rings (SSSR count). The van der Waals surface area contributed by atoms with Crippen LogP contribution in [0, 0.1) is 17.3 Å². The fourth-order valence-electron chi connectivity index (χ4n) is 6.13. The van der Waals surface area contributed by atoms with Crippen molar-refractivity contribution < 1.29 is 23.8 Å². The summed E-state index contributed by atoms with van der Waals surface area (Å²) < 4.78 is 16.8. The van der Waals surface area contributed by atoms with Crippen molar-refractivity contribution in [2.75, 3.05) is 14.2 Å². The molecule has 0 fully saturated rings. The molecule has 0 N–H and O–H groups in total. The number of carbonyl (C=O) groups is 2. The van der Waals surface area contributed by atoms with E-state index in [0.717, 1.165) is 44.5 Å². The molecule has 184 valence electrons. The second kappa shape index (κ2) is 8.47. The number of hydrogen-bond donors (Lipinski definition) is 0. The van der Waals surface area contributed by atoms with E-state index < -0.39 is 23.0 Å². The van der Waals surface area contributed by atoms with Gasteiger partial charge in [-0.3, -0.25) is 9.59 Å². The van der Waals surface area contributed by atoms with Crippen molar-refractivity contribution in [3.8, 4) is 23.0 Å². The van der Waals surface area contributed by atoms with Crippen molar-refractivity contribution in [3.05, 3.63) is 106 Å². The van der Waals surface area contributed by atoms with Crippen molar-refractivity contribution in [2.45, 2.75) is 31.5 Å². The fourth-order valence-corrected chi connectivity index (χ4v) is 6.13. The summed E-state index contributed by atoms with van der Waals surface area (Å²) in [7, 11) is 2.61. The highest BCUT2D eigenvalue weighted by Gasteiger charge is 2.57. The van der Waals surface area contributed by atoms with Crippen LogP contribution in [0.5, 0.6) is 0 Å². The van der Waals surface area contributed by atoms with Crippen molar-refractivity contribution >= 4 is 11.9 Å². The van der Waals surface area contributed by atoms with Crippen LogP contribution in [0.2, 0.25) is 0 Å². The SMILES string of the molecule is COC(=O)C1(C(=O)OC)Cc2c(C#Cc3ccccc3)c(-c3ccccc3)c3c(c2C1)[C@@H]1C=C[C@@]3(C)O1. The number of hydrogen-bond acceptors (Lipinski definition) is 5.